The largest absolute Gasteiger partial charge is 0.322 e. The van der Waals surface area contributed by atoms with Gasteiger partial charge in [-0.25, -0.2) is 16.8 Å². The van der Waals surface area contributed by atoms with E-state index in [9.17, 15) is 21.6 Å². The van der Waals surface area contributed by atoms with Crippen molar-refractivity contribution in [2.24, 2.45) is 0 Å². The standard InChI is InChI=1S/C26H22ClN3O5S2/c1-18-7-12-22(13-8-18)37(34,35)30-25-16-9-19(17-24(25)27)26(31)28-20-10-14-23(15-11-20)36(32,33)29-21-5-3-2-4-6-21/h2-17,29-30H,1H3,(H,28,31). The highest BCUT2D eigenvalue weighted by molar-refractivity contribution is 7.93. The van der Waals surface area contributed by atoms with E-state index in [-0.39, 0.29) is 26.1 Å². The number of anilines is 3. The van der Waals surface area contributed by atoms with Crippen molar-refractivity contribution in [3.63, 3.8) is 0 Å². The first kappa shape index (κ1) is 26.2. The predicted molar refractivity (Wildman–Crippen MR) is 145 cm³/mol. The summed E-state index contributed by atoms with van der Waals surface area (Å²) < 4.78 is 55.3. The fourth-order valence-corrected chi connectivity index (χ4v) is 5.72. The Kier molecular flexibility index (Phi) is 7.53. The number of para-hydroxylation sites is 1. The molecule has 4 rings (SSSR count). The van der Waals surface area contributed by atoms with Gasteiger partial charge in [0, 0.05) is 16.9 Å². The van der Waals surface area contributed by atoms with Gasteiger partial charge in [0.05, 0.1) is 20.5 Å². The third kappa shape index (κ3) is 6.48. The zero-order valence-corrected chi connectivity index (χ0v) is 21.9. The van der Waals surface area contributed by atoms with Crippen LogP contribution in [0.2, 0.25) is 5.02 Å². The monoisotopic (exact) mass is 555 g/mol. The predicted octanol–water partition coefficient (Wildman–Crippen LogP) is 5.50. The molecule has 0 aliphatic heterocycles. The second-order valence-electron chi connectivity index (χ2n) is 8.06. The summed E-state index contributed by atoms with van der Waals surface area (Å²) >= 11 is 6.25. The number of aryl methyl sites for hydroxylation is 1. The number of carbonyl (C=O) groups is 1. The van der Waals surface area contributed by atoms with Gasteiger partial charge in [0.2, 0.25) is 0 Å². The van der Waals surface area contributed by atoms with Crippen molar-refractivity contribution in [3.8, 4) is 0 Å². The van der Waals surface area contributed by atoms with Crippen molar-refractivity contribution in [3.05, 3.63) is 113 Å². The SMILES string of the molecule is Cc1ccc(S(=O)(=O)Nc2ccc(C(=O)Nc3ccc(S(=O)(=O)Nc4ccccc4)cc3)cc2Cl)cc1. The lowest BCUT2D eigenvalue weighted by Gasteiger charge is -2.12. The summed E-state index contributed by atoms with van der Waals surface area (Å²) in [4.78, 5) is 12.8. The lowest BCUT2D eigenvalue weighted by molar-refractivity contribution is 0.102. The topological polar surface area (TPSA) is 121 Å². The summed E-state index contributed by atoms with van der Waals surface area (Å²) in [6.45, 7) is 1.85. The van der Waals surface area contributed by atoms with Gasteiger partial charge in [0.15, 0.2) is 0 Å². The summed E-state index contributed by atoms with van der Waals surface area (Å²) in [6, 6.07) is 24.7. The molecule has 0 heterocycles. The van der Waals surface area contributed by atoms with Crippen LogP contribution in [-0.4, -0.2) is 22.7 Å². The molecule has 190 valence electrons. The molecule has 0 saturated heterocycles. The van der Waals surface area contributed by atoms with Crippen LogP contribution in [0.4, 0.5) is 17.1 Å². The molecule has 4 aromatic carbocycles. The lowest BCUT2D eigenvalue weighted by Crippen LogP contribution is -2.15. The van der Waals surface area contributed by atoms with Crippen molar-refractivity contribution in [2.75, 3.05) is 14.8 Å². The Morgan fingerprint density at radius 1 is 0.676 bits per heavy atom. The molecule has 0 aromatic heterocycles. The number of nitrogens with one attached hydrogen (secondary N) is 3. The van der Waals surface area contributed by atoms with Gasteiger partial charge in [-0.15, -0.1) is 0 Å². The van der Waals surface area contributed by atoms with E-state index in [1.54, 1.807) is 42.5 Å². The molecule has 0 radical (unpaired) electrons. The van der Waals surface area contributed by atoms with Gasteiger partial charge >= 0.3 is 0 Å². The number of sulfonamides is 2. The van der Waals surface area contributed by atoms with E-state index in [1.807, 2.05) is 6.92 Å². The third-order valence-corrected chi connectivity index (χ3v) is 8.35. The maximum Gasteiger partial charge on any atom is 0.261 e. The van der Waals surface area contributed by atoms with Gasteiger partial charge < -0.3 is 5.32 Å². The van der Waals surface area contributed by atoms with E-state index in [1.165, 1.54) is 54.6 Å². The van der Waals surface area contributed by atoms with Crippen LogP contribution < -0.4 is 14.8 Å². The molecule has 11 heteroatoms. The number of hydrogen-bond acceptors (Lipinski definition) is 5. The Morgan fingerprint density at radius 3 is 1.84 bits per heavy atom. The van der Waals surface area contributed by atoms with Gasteiger partial charge in [0.25, 0.3) is 26.0 Å². The number of halogens is 1. The molecule has 0 fully saturated rings. The minimum absolute atomic E-state index is 0.0302. The van der Waals surface area contributed by atoms with E-state index in [0.29, 0.717) is 11.4 Å². The second kappa shape index (κ2) is 10.6. The minimum Gasteiger partial charge on any atom is -0.322 e. The molecular weight excluding hydrogens is 534 g/mol. The quantitative estimate of drug-likeness (QED) is 0.265. The third-order valence-electron chi connectivity index (χ3n) is 5.26. The number of hydrogen-bond donors (Lipinski definition) is 3. The van der Waals surface area contributed by atoms with E-state index < -0.39 is 26.0 Å². The number of carbonyl (C=O) groups excluding carboxylic acids is 1. The summed E-state index contributed by atoms with van der Waals surface area (Å²) in [6.07, 6.45) is 0. The number of rotatable bonds is 8. The average Bonchev–Trinajstić information content (AvgIpc) is 2.86. The van der Waals surface area contributed by atoms with Crippen LogP contribution in [-0.2, 0) is 20.0 Å². The van der Waals surface area contributed by atoms with Crippen LogP contribution in [0.5, 0.6) is 0 Å². The summed E-state index contributed by atoms with van der Waals surface area (Å²) in [5.41, 5.74) is 2.03. The molecule has 37 heavy (non-hydrogen) atoms. The maximum atomic E-state index is 12.7. The highest BCUT2D eigenvalue weighted by Gasteiger charge is 2.18. The molecule has 4 aromatic rings. The van der Waals surface area contributed by atoms with Crippen molar-refractivity contribution in [2.45, 2.75) is 16.7 Å². The van der Waals surface area contributed by atoms with Crippen LogP contribution >= 0.6 is 11.6 Å². The lowest BCUT2D eigenvalue weighted by atomic mass is 10.2. The zero-order chi connectivity index (χ0) is 26.6. The first-order valence-electron chi connectivity index (χ1n) is 10.9. The van der Waals surface area contributed by atoms with Gasteiger partial charge in [-0.05, 0) is 73.7 Å². The Labute approximate surface area is 220 Å². The Hall–Kier alpha value is -3.86. The molecule has 0 aliphatic rings. The number of benzene rings is 4. The average molecular weight is 556 g/mol. The molecule has 0 bridgehead atoms. The maximum absolute atomic E-state index is 12.7. The van der Waals surface area contributed by atoms with E-state index >= 15 is 0 Å². The fourth-order valence-electron chi connectivity index (χ4n) is 3.30. The Bertz CT molecular complexity index is 1640. The molecule has 0 spiro atoms. The summed E-state index contributed by atoms with van der Waals surface area (Å²) in [5, 5.41) is 2.70. The number of amides is 1. The van der Waals surface area contributed by atoms with E-state index in [4.69, 9.17) is 11.6 Å². The van der Waals surface area contributed by atoms with Crippen LogP contribution in [0.3, 0.4) is 0 Å². The molecule has 0 aliphatic carbocycles. The van der Waals surface area contributed by atoms with Crippen LogP contribution in [0.25, 0.3) is 0 Å². The van der Waals surface area contributed by atoms with E-state index in [0.717, 1.165) is 5.56 Å². The van der Waals surface area contributed by atoms with Crippen molar-refractivity contribution < 1.29 is 21.6 Å². The van der Waals surface area contributed by atoms with Crippen LogP contribution in [0.1, 0.15) is 15.9 Å². The highest BCUT2D eigenvalue weighted by Crippen LogP contribution is 2.27. The van der Waals surface area contributed by atoms with E-state index in [2.05, 4.69) is 14.8 Å². The highest BCUT2D eigenvalue weighted by atomic mass is 35.5. The van der Waals surface area contributed by atoms with Crippen molar-refractivity contribution in [1.82, 2.24) is 0 Å². The first-order valence-corrected chi connectivity index (χ1v) is 14.3. The fraction of sp³-hybridized carbons (Fsp3) is 0.0385. The summed E-state index contributed by atoms with van der Waals surface area (Å²) in [5.74, 6) is -0.507. The molecular formula is C26H22ClN3O5S2. The second-order valence-corrected chi connectivity index (χ2v) is 11.8. The molecule has 1 amide bonds. The molecule has 0 atom stereocenters. The van der Waals surface area contributed by atoms with Crippen LogP contribution in [0, 0.1) is 6.92 Å². The first-order chi connectivity index (χ1) is 17.5. The molecule has 3 N–H and O–H groups in total. The molecule has 0 saturated carbocycles. The smallest absolute Gasteiger partial charge is 0.261 e. The summed E-state index contributed by atoms with van der Waals surface area (Å²) in [7, 11) is -7.65. The van der Waals surface area contributed by atoms with Gasteiger partial charge in [0.1, 0.15) is 0 Å². The van der Waals surface area contributed by atoms with Crippen molar-refractivity contribution in [1.29, 1.82) is 0 Å². The Morgan fingerprint density at radius 2 is 1.24 bits per heavy atom. The molecule has 8 nitrogen and oxygen atoms in total. The van der Waals surface area contributed by atoms with Gasteiger partial charge in [-0.1, -0.05) is 47.5 Å². The van der Waals surface area contributed by atoms with Gasteiger partial charge in [-0.2, -0.15) is 0 Å². The normalized spacial score (nSPS) is 11.5. The van der Waals surface area contributed by atoms with Crippen LogP contribution in [0.15, 0.2) is 107 Å². The van der Waals surface area contributed by atoms with Crippen molar-refractivity contribution >= 4 is 54.6 Å². The van der Waals surface area contributed by atoms with Gasteiger partial charge in [-0.3, -0.25) is 14.2 Å². The minimum atomic E-state index is -3.86. The zero-order valence-electron chi connectivity index (χ0n) is 19.5. The Balaban J connectivity index is 1.43. The molecule has 0 unspecified atom stereocenters.